The van der Waals surface area contributed by atoms with Gasteiger partial charge in [0, 0.05) is 11.1 Å². The minimum absolute atomic E-state index is 0.176. The van der Waals surface area contributed by atoms with Crippen LogP contribution in [-0.2, 0) is 11.3 Å². The van der Waals surface area contributed by atoms with E-state index in [9.17, 15) is 4.79 Å². The van der Waals surface area contributed by atoms with Crippen molar-refractivity contribution in [2.75, 3.05) is 0 Å². The molecule has 4 nitrogen and oxygen atoms in total. The van der Waals surface area contributed by atoms with Crippen molar-refractivity contribution < 1.29 is 4.79 Å². The summed E-state index contributed by atoms with van der Waals surface area (Å²) in [5, 5.41) is 2.79. The van der Waals surface area contributed by atoms with Gasteiger partial charge in [-0.2, -0.15) is 0 Å². The van der Waals surface area contributed by atoms with Gasteiger partial charge in [0.1, 0.15) is 6.04 Å². The van der Waals surface area contributed by atoms with Gasteiger partial charge in [-0.1, -0.05) is 30.3 Å². The molecule has 0 aliphatic rings. The van der Waals surface area contributed by atoms with E-state index in [0.29, 0.717) is 6.54 Å². The van der Waals surface area contributed by atoms with Gasteiger partial charge in [-0.3, -0.25) is 9.78 Å². The summed E-state index contributed by atoms with van der Waals surface area (Å²) in [5.41, 5.74) is 8.40. The van der Waals surface area contributed by atoms with Crippen LogP contribution in [0.25, 0.3) is 0 Å². The Morgan fingerprint density at radius 3 is 2.82 bits per heavy atom. The number of hydrogen-bond donors (Lipinski definition) is 2. The lowest BCUT2D eigenvalue weighted by molar-refractivity contribution is -0.122. The Kier molecular flexibility index (Phi) is 3.85. The van der Waals surface area contributed by atoms with Gasteiger partial charge in [-0.15, -0.1) is 11.3 Å². The molecule has 3 N–H and O–H groups in total. The number of nitrogens with zero attached hydrogens (tertiary/aromatic N) is 1. The molecule has 0 saturated carbocycles. The lowest BCUT2D eigenvalue weighted by Gasteiger charge is -2.11. The predicted octanol–water partition coefficient (Wildman–Crippen LogP) is 1.46. The number of carbonyl (C=O) groups is 1. The summed E-state index contributed by atoms with van der Waals surface area (Å²) < 4.78 is 0. The van der Waals surface area contributed by atoms with E-state index in [-0.39, 0.29) is 5.91 Å². The summed E-state index contributed by atoms with van der Waals surface area (Å²) in [6.07, 6.45) is 1.74. The van der Waals surface area contributed by atoms with E-state index in [4.69, 9.17) is 5.73 Å². The van der Waals surface area contributed by atoms with E-state index < -0.39 is 6.04 Å². The highest BCUT2D eigenvalue weighted by molar-refractivity contribution is 7.09. The van der Waals surface area contributed by atoms with Gasteiger partial charge in [0.2, 0.25) is 5.91 Å². The van der Waals surface area contributed by atoms with Gasteiger partial charge in [-0.05, 0) is 5.56 Å². The fourth-order valence-electron chi connectivity index (χ4n) is 1.43. The second-order valence-corrected chi connectivity index (χ2v) is 4.54. The molecule has 0 saturated heterocycles. The van der Waals surface area contributed by atoms with Crippen LogP contribution in [0.4, 0.5) is 0 Å². The van der Waals surface area contributed by atoms with Crippen LogP contribution < -0.4 is 11.1 Å². The minimum atomic E-state index is -0.621. The van der Waals surface area contributed by atoms with Crippen molar-refractivity contribution in [3.63, 3.8) is 0 Å². The second kappa shape index (κ2) is 5.56. The summed E-state index contributed by atoms with van der Waals surface area (Å²) in [5.74, 6) is -0.176. The zero-order chi connectivity index (χ0) is 12.1. The third-order valence-corrected chi connectivity index (χ3v) is 3.14. The number of aromatic nitrogens is 1. The molecule has 2 aromatic rings. The van der Waals surface area contributed by atoms with Crippen LogP contribution >= 0.6 is 11.3 Å². The standard InChI is InChI=1S/C12H13N3OS/c13-11(9-4-2-1-3-5-9)12(16)15-7-10-6-14-8-17-10/h1-6,8,11H,7,13H2,(H,15,16)/t11-/m1/s1. The maximum atomic E-state index is 11.8. The smallest absolute Gasteiger partial charge is 0.241 e. The van der Waals surface area contributed by atoms with Crippen LogP contribution in [0.2, 0.25) is 0 Å². The van der Waals surface area contributed by atoms with E-state index >= 15 is 0 Å². The molecule has 0 aliphatic carbocycles. The molecular weight excluding hydrogens is 234 g/mol. The monoisotopic (exact) mass is 247 g/mol. The van der Waals surface area contributed by atoms with Crippen molar-refractivity contribution in [3.8, 4) is 0 Å². The maximum absolute atomic E-state index is 11.8. The summed E-state index contributed by atoms with van der Waals surface area (Å²) in [7, 11) is 0. The first-order valence-corrected chi connectivity index (χ1v) is 6.11. The molecule has 0 unspecified atom stereocenters. The largest absolute Gasteiger partial charge is 0.349 e. The number of thiazole rings is 1. The molecule has 0 aliphatic heterocycles. The zero-order valence-electron chi connectivity index (χ0n) is 9.17. The Bertz CT molecular complexity index is 470. The molecule has 5 heteroatoms. The van der Waals surface area contributed by atoms with Crippen molar-refractivity contribution >= 4 is 17.2 Å². The summed E-state index contributed by atoms with van der Waals surface area (Å²) >= 11 is 1.51. The molecule has 1 atom stereocenters. The average Bonchev–Trinajstić information content (AvgIpc) is 2.89. The van der Waals surface area contributed by atoms with E-state index in [1.807, 2.05) is 30.3 Å². The molecule has 1 amide bonds. The van der Waals surface area contributed by atoms with E-state index in [0.717, 1.165) is 10.4 Å². The number of benzene rings is 1. The Hall–Kier alpha value is -1.72. The zero-order valence-corrected chi connectivity index (χ0v) is 9.98. The summed E-state index contributed by atoms with van der Waals surface area (Å²) in [6, 6.07) is 8.69. The van der Waals surface area contributed by atoms with Crippen LogP contribution in [0.3, 0.4) is 0 Å². The number of carbonyl (C=O) groups excluding carboxylic acids is 1. The second-order valence-electron chi connectivity index (χ2n) is 3.57. The molecule has 0 fully saturated rings. The number of amides is 1. The molecule has 0 spiro atoms. The first kappa shape index (κ1) is 11.8. The highest BCUT2D eigenvalue weighted by Crippen LogP contribution is 2.10. The fraction of sp³-hybridized carbons (Fsp3) is 0.167. The van der Waals surface area contributed by atoms with Crippen LogP contribution in [0, 0.1) is 0 Å². The first-order chi connectivity index (χ1) is 8.27. The van der Waals surface area contributed by atoms with Crippen LogP contribution in [-0.4, -0.2) is 10.9 Å². The van der Waals surface area contributed by atoms with Crippen molar-refractivity contribution in [3.05, 3.63) is 52.5 Å². The predicted molar refractivity (Wildman–Crippen MR) is 67.3 cm³/mol. The molecule has 2 rings (SSSR count). The highest BCUT2D eigenvalue weighted by Gasteiger charge is 2.14. The van der Waals surface area contributed by atoms with Crippen molar-refractivity contribution in [2.24, 2.45) is 5.73 Å². The Labute approximate surface area is 103 Å². The Morgan fingerprint density at radius 2 is 2.18 bits per heavy atom. The van der Waals surface area contributed by atoms with Gasteiger partial charge < -0.3 is 11.1 Å². The lowest BCUT2D eigenvalue weighted by Crippen LogP contribution is -2.33. The maximum Gasteiger partial charge on any atom is 0.241 e. The summed E-state index contributed by atoms with van der Waals surface area (Å²) in [4.78, 5) is 16.7. The molecule has 88 valence electrons. The Balaban J connectivity index is 1.92. The average molecular weight is 247 g/mol. The van der Waals surface area contributed by atoms with Crippen LogP contribution in [0.5, 0.6) is 0 Å². The first-order valence-electron chi connectivity index (χ1n) is 5.23. The molecular formula is C12H13N3OS. The van der Waals surface area contributed by atoms with Gasteiger partial charge >= 0.3 is 0 Å². The fourth-order valence-corrected chi connectivity index (χ4v) is 1.96. The SMILES string of the molecule is N[C@@H](C(=O)NCc1cncs1)c1ccccc1. The van der Waals surface area contributed by atoms with E-state index in [1.54, 1.807) is 11.7 Å². The van der Waals surface area contributed by atoms with Crippen LogP contribution in [0.15, 0.2) is 42.0 Å². The molecule has 1 aromatic heterocycles. The van der Waals surface area contributed by atoms with Crippen molar-refractivity contribution in [1.29, 1.82) is 0 Å². The third-order valence-electron chi connectivity index (χ3n) is 2.36. The number of nitrogens with two attached hydrogens (primary N) is 1. The van der Waals surface area contributed by atoms with Crippen molar-refractivity contribution in [2.45, 2.75) is 12.6 Å². The number of nitrogens with one attached hydrogen (secondary N) is 1. The number of rotatable bonds is 4. The molecule has 1 aromatic carbocycles. The summed E-state index contributed by atoms with van der Waals surface area (Å²) in [6.45, 7) is 0.476. The molecule has 1 heterocycles. The third kappa shape index (κ3) is 3.12. The topological polar surface area (TPSA) is 68.0 Å². The van der Waals surface area contributed by atoms with Gasteiger partial charge in [-0.25, -0.2) is 0 Å². The van der Waals surface area contributed by atoms with E-state index in [2.05, 4.69) is 10.3 Å². The lowest BCUT2D eigenvalue weighted by atomic mass is 10.1. The normalized spacial score (nSPS) is 12.1. The Morgan fingerprint density at radius 1 is 1.41 bits per heavy atom. The van der Waals surface area contributed by atoms with Crippen LogP contribution in [0.1, 0.15) is 16.5 Å². The van der Waals surface area contributed by atoms with Gasteiger partial charge in [0.15, 0.2) is 0 Å². The number of hydrogen-bond acceptors (Lipinski definition) is 4. The molecule has 0 radical (unpaired) electrons. The molecule has 17 heavy (non-hydrogen) atoms. The minimum Gasteiger partial charge on any atom is -0.349 e. The highest BCUT2D eigenvalue weighted by atomic mass is 32.1. The molecule has 0 bridgehead atoms. The quantitative estimate of drug-likeness (QED) is 0.859. The van der Waals surface area contributed by atoms with Gasteiger partial charge in [0.05, 0.1) is 12.1 Å². The van der Waals surface area contributed by atoms with Crippen molar-refractivity contribution in [1.82, 2.24) is 10.3 Å². The van der Waals surface area contributed by atoms with Gasteiger partial charge in [0.25, 0.3) is 0 Å². The van der Waals surface area contributed by atoms with E-state index in [1.165, 1.54) is 11.3 Å².